The number of likely N-dealkylation sites (tertiary alicyclic amines) is 1. The molecular formula is C22H18N4O5. The van der Waals surface area contributed by atoms with Crippen molar-refractivity contribution in [1.29, 1.82) is 0 Å². The van der Waals surface area contributed by atoms with E-state index in [0.29, 0.717) is 0 Å². The van der Waals surface area contributed by atoms with Crippen molar-refractivity contribution in [2.45, 2.75) is 19.0 Å². The molecule has 0 aliphatic carbocycles. The van der Waals surface area contributed by atoms with Crippen LogP contribution in [-0.2, 0) is 9.59 Å². The number of hydrogen-bond acceptors (Lipinski definition) is 7. The Morgan fingerprint density at radius 3 is 2.58 bits per heavy atom. The van der Waals surface area contributed by atoms with Crippen molar-refractivity contribution in [1.82, 2.24) is 9.91 Å². The molecule has 0 aromatic heterocycles. The second kappa shape index (κ2) is 6.83. The zero-order valence-electron chi connectivity index (χ0n) is 16.5. The van der Waals surface area contributed by atoms with Crippen molar-refractivity contribution in [3.8, 4) is 0 Å². The van der Waals surface area contributed by atoms with E-state index in [0.717, 1.165) is 11.1 Å². The SMILES string of the molecule is CCN1C(=O)C2C(C1=O)C1c3ccccc3C=NN1C2C(=O)c1cccc([N+](=O)[O-])c1. The van der Waals surface area contributed by atoms with Gasteiger partial charge in [-0.15, -0.1) is 0 Å². The van der Waals surface area contributed by atoms with Gasteiger partial charge in [0.1, 0.15) is 6.04 Å². The molecule has 9 heteroatoms. The summed E-state index contributed by atoms with van der Waals surface area (Å²) in [6.07, 6.45) is 1.62. The molecule has 2 saturated heterocycles. The number of carbonyl (C=O) groups is 3. The summed E-state index contributed by atoms with van der Waals surface area (Å²) in [6.45, 7) is 1.94. The summed E-state index contributed by atoms with van der Waals surface area (Å²) in [7, 11) is 0. The molecule has 0 spiro atoms. The summed E-state index contributed by atoms with van der Waals surface area (Å²) in [5.41, 5.74) is 1.57. The van der Waals surface area contributed by atoms with E-state index in [1.54, 1.807) is 18.1 Å². The number of amides is 2. The second-order valence-electron chi connectivity index (χ2n) is 7.79. The number of imide groups is 1. The van der Waals surface area contributed by atoms with Crippen LogP contribution < -0.4 is 0 Å². The number of nitro groups is 1. The van der Waals surface area contributed by atoms with Gasteiger partial charge in [0, 0.05) is 24.2 Å². The molecule has 0 bridgehead atoms. The molecule has 31 heavy (non-hydrogen) atoms. The monoisotopic (exact) mass is 418 g/mol. The first-order valence-corrected chi connectivity index (χ1v) is 9.99. The maximum Gasteiger partial charge on any atom is 0.270 e. The Balaban J connectivity index is 1.64. The van der Waals surface area contributed by atoms with Crippen LogP contribution in [0.25, 0.3) is 0 Å². The van der Waals surface area contributed by atoms with Crippen LogP contribution in [0, 0.1) is 22.0 Å². The molecule has 2 aromatic rings. The number of nitro benzene ring substituents is 1. The molecule has 2 amide bonds. The normalized spacial score (nSPS) is 26.0. The predicted octanol–water partition coefficient (Wildman–Crippen LogP) is 2.17. The number of non-ortho nitro benzene ring substituents is 1. The van der Waals surface area contributed by atoms with Gasteiger partial charge in [-0.05, 0) is 18.1 Å². The Labute approximate surface area is 177 Å². The van der Waals surface area contributed by atoms with Crippen LogP contribution in [0.5, 0.6) is 0 Å². The minimum atomic E-state index is -1.02. The zero-order valence-corrected chi connectivity index (χ0v) is 16.5. The van der Waals surface area contributed by atoms with Crippen molar-refractivity contribution in [2.75, 3.05) is 6.54 Å². The van der Waals surface area contributed by atoms with Gasteiger partial charge in [-0.2, -0.15) is 5.10 Å². The van der Waals surface area contributed by atoms with Crippen LogP contribution in [0.15, 0.2) is 53.6 Å². The van der Waals surface area contributed by atoms with Crippen LogP contribution >= 0.6 is 0 Å². The first-order chi connectivity index (χ1) is 14.9. The molecule has 3 aliphatic heterocycles. The fraction of sp³-hybridized carbons (Fsp3) is 0.273. The van der Waals surface area contributed by atoms with Gasteiger partial charge >= 0.3 is 0 Å². The number of carbonyl (C=O) groups excluding carboxylic acids is 3. The van der Waals surface area contributed by atoms with Gasteiger partial charge in [0.15, 0.2) is 5.78 Å². The molecule has 2 fully saturated rings. The summed E-state index contributed by atoms with van der Waals surface area (Å²) in [6, 6.07) is 11.3. The second-order valence-corrected chi connectivity index (χ2v) is 7.79. The average molecular weight is 418 g/mol. The first kappa shape index (κ1) is 19.1. The lowest BCUT2D eigenvalue weighted by molar-refractivity contribution is -0.384. The Hall–Kier alpha value is -3.88. The van der Waals surface area contributed by atoms with E-state index in [4.69, 9.17) is 0 Å². The van der Waals surface area contributed by atoms with Gasteiger partial charge in [-0.3, -0.25) is 34.4 Å². The molecule has 3 heterocycles. The number of hydrogen-bond donors (Lipinski definition) is 0. The van der Waals surface area contributed by atoms with E-state index in [1.807, 2.05) is 24.3 Å². The highest BCUT2D eigenvalue weighted by molar-refractivity contribution is 6.12. The van der Waals surface area contributed by atoms with Crippen LogP contribution in [0.4, 0.5) is 5.69 Å². The minimum Gasteiger partial charge on any atom is -0.292 e. The van der Waals surface area contributed by atoms with Crippen molar-refractivity contribution < 1.29 is 19.3 Å². The lowest BCUT2D eigenvalue weighted by Gasteiger charge is -2.33. The van der Waals surface area contributed by atoms with E-state index in [-0.39, 0.29) is 23.7 Å². The number of Topliss-reactive ketones (excluding diaryl/α,β-unsaturated/α-hetero) is 1. The molecule has 156 valence electrons. The van der Waals surface area contributed by atoms with Crippen LogP contribution in [0.1, 0.15) is 34.5 Å². The fourth-order valence-corrected chi connectivity index (χ4v) is 4.99. The molecule has 0 N–H and O–H groups in total. The smallest absolute Gasteiger partial charge is 0.270 e. The van der Waals surface area contributed by atoms with Gasteiger partial charge in [0.25, 0.3) is 5.69 Å². The Kier molecular flexibility index (Phi) is 4.21. The highest BCUT2D eigenvalue weighted by Gasteiger charge is 2.64. The Morgan fingerprint density at radius 2 is 1.84 bits per heavy atom. The van der Waals surface area contributed by atoms with E-state index in [2.05, 4.69) is 5.10 Å². The van der Waals surface area contributed by atoms with Crippen molar-refractivity contribution in [2.24, 2.45) is 16.9 Å². The van der Waals surface area contributed by atoms with E-state index in [9.17, 15) is 24.5 Å². The van der Waals surface area contributed by atoms with E-state index in [1.165, 1.54) is 29.2 Å². The van der Waals surface area contributed by atoms with Gasteiger partial charge in [0.05, 0.1) is 29.0 Å². The number of ketones is 1. The number of hydrazone groups is 1. The molecule has 4 atom stereocenters. The molecule has 5 rings (SSSR count). The Bertz CT molecular complexity index is 1180. The molecule has 9 nitrogen and oxygen atoms in total. The van der Waals surface area contributed by atoms with Gasteiger partial charge in [-0.25, -0.2) is 0 Å². The standard InChI is InChI=1S/C22H18N4O5/c1-2-24-21(28)16-17(22(24)29)19(20(27)12-7-5-8-14(10-12)26(30)31)25-18(16)15-9-4-3-6-13(15)11-23-25/h3-11,16-19H,2H2,1H3. The summed E-state index contributed by atoms with van der Waals surface area (Å²) < 4.78 is 0. The first-order valence-electron chi connectivity index (χ1n) is 9.99. The largest absolute Gasteiger partial charge is 0.292 e. The fourth-order valence-electron chi connectivity index (χ4n) is 4.99. The third kappa shape index (κ3) is 2.62. The summed E-state index contributed by atoms with van der Waals surface area (Å²) >= 11 is 0. The molecule has 0 saturated carbocycles. The lowest BCUT2D eigenvalue weighted by Crippen LogP contribution is -2.44. The number of rotatable bonds is 4. The highest BCUT2D eigenvalue weighted by atomic mass is 16.6. The quantitative estimate of drug-likeness (QED) is 0.325. The Morgan fingerprint density at radius 1 is 1.10 bits per heavy atom. The van der Waals surface area contributed by atoms with Crippen molar-refractivity contribution >= 4 is 29.5 Å². The molecule has 2 aromatic carbocycles. The maximum atomic E-state index is 13.6. The van der Waals surface area contributed by atoms with Crippen LogP contribution in [0.3, 0.4) is 0 Å². The number of benzene rings is 2. The van der Waals surface area contributed by atoms with Crippen LogP contribution in [0.2, 0.25) is 0 Å². The highest BCUT2D eigenvalue weighted by Crippen LogP contribution is 2.52. The molecule has 0 radical (unpaired) electrons. The minimum absolute atomic E-state index is 0.114. The number of fused-ring (bicyclic) bond motifs is 5. The average Bonchev–Trinajstić information content (AvgIpc) is 3.25. The van der Waals surface area contributed by atoms with Crippen molar-refractivity contribution in [3.05, 3.63) is 75.3 Å². The van der Waals surface area contributed by atoms with Gasteiger partial charge in [-0.1, -0.05) is 36.4 Å². The van der Waals surface area contributed by atoms with Crippen LogP contribution in [-0.4, -0.2) is 51.2 Å². The summed E-state index contributed by atoms with van der Waals surface area (Å²) in [5, 5.41) is 17.2. The van der Waals surface area contributed by atoms with E-state index >= 15 is 0 Å². The number of nitrogens with zero attached hydrogens (tertiary/aromatic N) is 4. The third-order valence-corrected chi connectivity index (χ3v) is 6.31. The predicted molar refractivity (Wildman–Crippen MR) is 109 cm³/mol. The van der Waals surface area contributed by atoms with Gasteiger partial charge < -0.3 is 0 Å². The topological polar surface area (TPSA) is 113 Å². The lowest BCUT2D eigenvalue weighted by atomic mass is 9.83. The van der Waals surface area contributed by atoms with Gasteiger partial charge in [0.2, 0.25) is 11.8 Å². The third-order valence-electron chi connectivity index (χ3n) is 6.31. The zero-order chi connectivity index (χ0) is 21.9. The maximum absolute atomic E-state index is 13.6. The molecule has 4 unspecified atom stereocenters. The van der Waals surface area contributed by atoms with Crippen molar-refractivity contribution in [3.63, 3.8) is 0 Å². The summed E-state index contributed by atoms with van der Waals surface area (Å²) in [4.78, 5) is 51.7. The molecular weight excluding hydrogens is 400 g/mol. The van der Waals surface area contributed by atoms with E-state index < -0.39 is 40.5 Å². The molecule has 3 aliphatic rings. The summed E-state index contributed by atoms with van der Waals surface area (Å²) in [5.74, 6) is -2.81.